The Morgan fingerprint density at radius 3 is 2.94 bits per heavy atom. The summed E-state index contributed by atoms with van der Waals surface area (Å²) in [7, 11) is 0. The molecule has 1 aromatic carbocycles. The summed E-state index contributed by atoms with van der Waals surface area (Å²) in [6.45, 7) is 3.04. The first-order chi connectivity index (χ1) is 8.49. The topological polar surface area (TPSA) is 40.5 Å². The number of hydrogen-bond acceptors (Lipinski definition) is 2. The first kappa shape index (κ1) is 13.8. The van der Waals surface area contributed by atoms with Gasteiger partial charge >= 0.3 is 0 Å². The Kier molecular flexibility index (Phi) is 4.30. The van der Waals surface area contributed by atoms with Crippen LogP contribution in [0.15, 0.2) is 22.7 Å². The molecule has 1 aliphatic rings. The van der Waals surface area contributed by atoms with Crippen molar-refractivity contribution in [2.24, 2.45) is 5.92 Å². The third-order valence-corrected chi connectivity index (χ3v) is 4.19. The minimum absolute atomic E-state index is 0.118. The van der Waals surface area contributed by atoms with Crippen LogP contribution in [0.1, 0.15) is 23.7 Å². The lowest BCUT2D eigenvalue weighted by atomic mass is 9.95. The van der Waals surface area contributed by atoms with Crippen molar-refractivity contribution in [1.82, 2.24) is 4.90 Å². The summed E-state index contributed by atoms with van der Waals surface area (Å²) >= 11 is 9.38. The Morgan fingerprint density at radius 1 is 1.56 bits per heavy atom. The summed E-state index contributed by atoms with van der Waals surface area (Å²) in [4.78, 5) is 14.0. The lowest BCUT2D eigenvalue weighted by Crippen LogP contribution is -2.45. The van der Waals surface area contributed by atoms with E-state index in [1.807, 2.05) is 6.92 Å². The fourth-order valence-electron chi connectivity index (χ4n) is 2.07. The fourth-order valence-corrected chi connectivity index (χ4v) is 2.62. The normalized spacial score (nSPS) is 24.1. The Balaban J connectivity index is 2.19. The number of halogens is 2. The minimum Gasteiger partial charge on any atom is -0.391 e. The molecule has 1 heterocycles. The molecule has 0 aromatic heterocycles. The summed E-state index contributed by atoms with van der Waals surface area (Å²) in [5.74, 6) is 0.124. The van der Waals surface area contributed by atoms with Gasteiger partial charge in [-0.25, -0.2) is 0 Å². The highest BCUT2D eigenvalue weighted by atomic mass is 79.9. The van der Waals surface area contributed by atoms with Crippen LogP contribution in [-0.4, -0.2) is 35.1 Å². The number of rotatable bonds is 1. The highest BCUT2D eigenvalue weighted by Crippen LogP contribution is 2.25. The van der Waals surface area contributed by atoms with Crippen molar-refractivity contribution in [3.05, 3.63) is 33.3 Å². The second-order valence-electron chi connectivity index (χ2n) is 4.71. The van der Waals surface area contributed by atoms with E-state index in [4.69, 9.17) is 11.6 Å². The van der Waals surface area contributed by atoms with Gasteiger partial charge in [0.2, 0.25) is 0 Å². The predicted molar refractivity (Wildman–Crippen MR) is 74.8 cm³/mol. The molecule has 0 radical (unpaired) electrons. The molecular formula is C13H15BrClNO2. The Bertz CT molecular complexity index is 466. The molecule has 98 valence electrons. The van der Waals surface area contributed by atoms with E-state index in [1.54, 1.807) is 23.1 Å². The first-order valence-corrected chi connectivity index (χ1v) is 7.08. The summed E-state index contributed by atoms with van der Waals surface area (Å²) in [5, 5.41) is 10.3. The Hall–Kier alpha value is -0.580. The third-order valence-electron chi connectivity index (χ3n) is 3.36. The van der Waals surface area contributed by atoms with Crippen LogP contribution in [0, 0.1) is 5.92 Å². The predicted octanol–water partition coefficient (Wildman–Crippen LogP) is 2.95. The number of β-amino-alcohol motifs (C(OH)–C–C–N with tert-alkyl or cyclic N) is 1. The summed E-state index contributed by atoms with van der Waals surface area (Å²) in [6, 6.07) is 5.21. The highest BCUT2D eigenvalue weighted by Gasteiger charge is 2.28. The number of piperidine rings is 1. The smallest absolute Gasteiger partial charge is 0.255 e. The lowest BCUT2D eigenvalue weighted by Gasteiger charge is -2.34. The largest absolute Gasteiger partial charge is 0.391 e. The molecule has 0 saturated carbocycles. The maximum Gasteiger partial charge on any atom is 0.255 e. The number of hydrogen-bond donors (Lipinski definition) is 1. The molecule has 1 aliphatic heterocycles. The van der Waals surface area contributed by atoms with Crippen LogP contribution < -0.4 is 0 Å². The van der Waals surface area contributed by atoms with E-state index in [2.05, 4.69) is 15.9 Å². The highest BCUT2D eigenvalue weighted by molar-refractivity contribution is 9.10. The number of carbonyl (C=O) groups is 1. The maximum atomic E-state index is 12.3. The molecule has 1 aromatic rings. The van der Waals surface area contributed by atoms with Gasteiger partial charge in [-0.2, -0.15) is 0 Å². The second kappa shape index (κ2) is 5.59. The van der Waals surface area contributed by atoms with Crippen molar-refractivity contribution in [3.63, 3.8) is 0 Å². The SMILES string of the molecule is CC1CCN(C(=O)c2cc(Br)ccc2Cl)CC1O. The van der Waals surface area contributed by atoms with E-state index >= 15 is 0 Å². The quantitative estimate of drug-likeness (QED) is 0.859. The van der Waals surface area contributed by atoms with Crippen molar-refractivity contribution in [3.8, 4) is 0 Å². The van der Waals surface area contributed by atoms with Gasteiger partial charge in [-0.05, 0) is 30.5 Å². The zero-order valence-corrected chi connectivity index (χ0v) is 12.4. The maximum absolute atomic E-state index is 12.3. The molecule has 1 fully saturated rings. The molecule has 0 spiro atoms. The number of likely N-dealkylation sites (tertiary alicyclic amines) is 1. The zero-order valence-electron chi connectivity index (χ0n) is 10.1. The first-order valence-electron chi connectivity index (χ1n) is 5.91. The third kappa shape index (κ3) is 2.87. The van der Waals surface area contributed by atoms with Gasteiger partial charge in [0.25, 0.3) is 5.91 Å². The van der Waals surface area contributed by atoms with Gasteiger partial charge in [-0.15, -0.1) is 0 Å². The molecule has 0 aliphatic carbocycles. The molecule has 1 amide bonds. The molecule has 2 rings (SSSR count). The van der Waals surface area contributed by atoms with E-state index < -0.39 is 6.10 Å². The molecule has 3 nitrogen and oxygen atoms in total. The molecular weight excluding hydrogens is 318 g/mol. The van der Waals surface area contributed by atoms with Gasteiger partial charge in [0, 0.05) is 17.6 Å². The monoisotopic (exact) mass is 331 g/mol. The lowest BCUT2D eigenvalue weighted by molar-refractivity contribution is 0.0249. The van der Waals surface area contributed by atoms with Gasteiger partial charge in [0.1, 0.15) is 0 Å². The number of amides is 1. The van der Waals surface area contributed by atoms with Gasteiger partial charge in [0.15, 0.2) is 0 Å². The van der Waals surface area contributed by atoms with Crippen LogP contribution in [0.3, 0.4) is 0 Å². The van der Waals surface area contributed by atoms with E-state index in [0.29, 0.717) is 23.7 Å². The average molecular weight is 333 g/mol. The Morgan fingerprint density at radius 2 is 2.28 bits per heavy atom. The zero-order chi connectivity index (χ0) is 13.3. The van der Waals surface area contributed by atoms with Crippen molar-refractivity contribution >= 4 is 33.4 Å². The van der Waals surface area contributed by atoms with Gasteiger partial charge in [-0.1, -0.05) is 34.5 Å². The van der Waals surface area contributed by atoms with Crippen LogP contribution >= 0.6 is 27.5 Å². The van der Waals surface area contributed by atoms with Crippen LogP contribution in [0.25, 0.3) is 0 Å². The average Bonchev–Trinajstić information content (AvgIpc) is 2.35. The molecule has 2 unspecified atom stereocenters. The molecule has 1 N–H and O–H groups in total. The van der Waals surface area contributed by atoms with Crippen LogP contribution in [0.4, 0.5) is 0 Å². The summed E-state index contributed by atoms with van der Waals surface area (Å²) < 4.78 is 0.821. The summed E-state index contributed by atoms with van der Waals surface area (Å²) in [5.41, 5.74) is 0.479. The summed E-state index contributed by atoms with van der Waals surface area (Å²) in [6.07, 6.45) is 0.368. The molecule has 18 heavy (non-hydrogen) atoms. The fraction of sp³-hybridized carbons (Fsp3) is 0.462. The van der Waals surface area contributed by atoms with E-state index in [0.717, 1.165) is 10.9 Å². The van der Waals surface area contributed by atoms with Crippen molar-refractivity contribution in [1.29, 1.82) is 0 Å². The number of nitrogens with zero attached hydrogens (tertiary/aromatic N) is 1. The van der Waals surface area contributed by atoms with Crippen molar-refractivity contribution < 1.29 is 9.90 Å². The van der Waals surface area contributed by atoms with Crippen LogP contribution in [-0.2, 0) is 0 Å². The van der Waals surface area contributed by atoms with Gasteiger partial charge in [-0.3, -0.25) is 4.79 Å². The Labute approximate surface area is 120 Å². The number of aliphatic hydroxyl groups excluding tert-OH is 1. The number of benzene rings is 1. The standard InChI is InChI=1S/C13H15BrClNO2/c1-8-4-5-16(7-12(8)17)13(18)10-6-9(14)2-3-11(10)15/h2-3,6,8,12,17H,4-5,7H2,1H3. The van der Waals surface area contributed by atoms with Crippen molar-refractivity contribution in [2.45, 2.75) is 19.4 Å². The van der Waals surface area contributed by atoms with Gasteiger partial charge in [0.05, 0.1) is 16.7 Å². The molecule has 2 atom stereocenters. The van der Waals surface area contributed by atoms with E-state index in [9.17, 15) is 9.90 Å². The number of aliphatic hydroxyl groups is 1. The minimum atomic E-state index is -0.450. The van der Waals surface area contributed by atoms with Crippen molar-refractivity contribution in [2.75, 3.05) is 13.1 Å². The number of carbonyl (C=O) groups excluding carboxylic acids is 1. The second-order valence-corrected chi connectivity index (χ2v) is 6.03. The molecule has 1 saturated heterocycles. The van der Waals surface area contributed by atoms with E-state index in [1.165, 1.54) is 0 Å². The van der Waals surface area contributed by atoms with Crippen LogP contribution in [0.2, 0.25) is 5.02 Å². The van der Waals surface area contributed by atoms with Crippen LogP contribution in [0.5, 0.6) is 0 Å². The van der Waals surface area contributed by atoms with E-state index in [-0.39, 0.29) is 11.8 Å². The van der Waals surface area contributed by atoms with Gasteiger partial charge < -0.3 is 10.0 Å². The molecule has 5 heteroatoms. The molecule has 0 bridgehead atoms.